The van der Waals surface area contributed by atoms with Crippen molar-refractivity contribution >= 4 is 121 Å². The highest BCUT2D eigenvalue weighted by molar-refractivity contribution is 6.31. The van der Waals surface area contributed by atoms with Crippen LogP contribution < -0.4 is 4.90 Å². The highest BCUT2D eigenvalue weighted by Crippen LogP contribution is 2.33. The molecule has 16 aromatic heterocycles. The Kier molecular flexibility index (Phi) is 24.4. The Morgan fingerprint density at radius 2 is 0.560 bits per heavy atom. The lowest BCUT2D eigenvalue weighted by atomic mass is 10.1. The van der Waals surface area contributed by atoms with Crippen molar-refractivity contribution in [2.45, 2.75) is 179 Å². The van der Waals surface area contributed by atoms with E-state index in [0.717, 1.165) is 232 Å². The van der Waals surface area contributed by atoms with Crippen LogP contribution in [-0.4, -0.2) is 115 Å². The van der Waals surface area contributed by atoms with Crippen LogP contribution in [0.2, 0.25) is 5.02 Å². The number of pyridine rings is 6. The first-order valence-electron chi connectivity index (χ1n) is 46.8. The van der Waals surface area contributed by atoms with Crippen LogP contribution in [0.3, 0.4) is 0 Å². The van der Waals surface area contributed by atoms with Crippen molar-refractivity contribution < 1.29 is 0 Å². The number of fused-ring (bicyclic) bond motifs is 18. The maximum atomic E-state index is 6.16. The van der Waals surface area contributed by atoms with E-state index in [9.17, 15) is 0 Å². The molecule has 0 N–H and O–H groups in total. The van der Waals surface area contributed by atoms with Gasteiger partial charge in [-0.25, -0.2) is 74.8 Å². The largest absolute Gasteiger partial charge is 0.369 e. The van der Waals surface area contributed by atoms with E-state index in [2.05, 4.69) is 309 Å². The number of benzene rings is 6. The topological polar surface area (TPSA) is 232 Å². The fourth-order valence-corrected chi connectivity index (χ4v) is 19.8. The third kappa shape index (κ3) is 17.5. The Morgan fingerprint density at radius 3 is 0.933 bits per heavy atom. The summed E-state index contributed by atoms with van der Waals surface area (Å²) in [4.78, 5) is 78.4. The lowest BCUT2D eigenvalue weighted by Gasteiger charge is -2.21. The number of halogens is 1. The highest BCUT2D eigenvalue weighted by atomic mass is 35.5. The van der Waals surface area contributed by atoms with Gasteiger partial charge in [-0.2, -0.15) is 0 Å². The summed E-state index contributed by atoms with van der Waals surface area (Å²) in [6, 6.07) is 62.9. The molecule has 0 radical (unpaired) electrons. The molecule has 0 unspecified atom stereocenters. The van der Waals surface area contributed by atoms with Crippen molar-refractivity contribution in [2.24, 2.45) is 0 Å². The highest BCUT2D eigenvalue weighted by Gasteiger charge is 2.24. The van der Waals surface area contributed by atoms with E-state index in [-0.39, 0.29) is 0 Å². The van der Waals surface area contributed by atoms with Crippen LogP contribution in [-0.2, 0) is 77.0 Å². The quantitative estimate of drug-likeness (QED) is 0.0875. The molecule has 17 heterocycles. The molecule has 1 aliphatic carbocycles. The second-order valence-electron chi connectivity index (χ2n) is 35.5. The number of aromatic nitrogens is 21. The fourth-order valence-electron chi connectivity index (χ4n) is 19.7. The standard InChI is InChI=1S/C24H27N5.C23H20N4.C22H19N5.C22H22N4.C20H19ClN4/c1-16-23(28-13-6-7-14-28)17(2)26-22(25-16)11-10-21-18(3)29-15-12-19-8-4-5-9-20(19)24(29)27-21;1-15-18-8-5-6-10-21(18)25-22(24-15)12-11-20-16(2)27-14-13-17-7-3-4-9-19(17)23(27)26-20;1-14-17-9-11-23-13-20(17)25-21(24-14)8-7-19-15(2)27-12-10-16-5-3-4-6-18(16)22(27)26-19;1-14-17-8-5-9-20(17)24-21(23-14)11-10-19-15(2)26-13-12-16-6-3-4-7-18(16)22(26)25-19;1-12-19(21)13(2)23-18(22-12)9-8-17-14(3)25-11-10-15-6-4-5-7-16(15)20(25)24-17/h4-5,8-9,12,15H,6-7,10-11,13-14H2,1-3H3;3-10,13-14H,11-12H2,1-2H3;3-6,9-13H,7-8H2,1-2H3;3-4,6-7,12-13H,5,8-11H2,1-2H3;4-7,10-11H,8-9H2,1-3H3. The SMILES string of the molecule is Cc1nc(CCc2nc3c4ccccc4ccn3c2C)nc(C)c1Cl.Cc1nc(CCc2nc3c4ccccc4ccn3c2C)nc(C)c1N1CCCC1.Cc1nc(CCc2nc3c4ccccc4ccn3c2C)nc2c1CCC2.Cc1nc(CCc2nc3c4ccccc4ccn3c2C)nc2ccccc12.Cc1nc(CCc2nc3c4ccccc4ccn3c2C)nc2cnccc12. The zero-order valence-corrected chi connectivity index (χ0v) is 78.9. The number of imidazole rings is 5. The molecule has 1 saturated heterocycles. The van der Waals surface area contributed by atoms with Gasteiger partial charge in [-0.3, -0.25) is 4.98 Å². The van der Waals surface area contributed by atoms with Crippen molar-refractivity contribution in [1.29, 1.82) is 0 Å². The maximum absolute atomic E-state index is 6.16. The summed E-state index contributed by atoms with van der Waals surface area (Å²) in [6.45, 7) is 27.2. The summed E-state index contributed by atoms with van der Waals surface area (Å²) in [5.41, 5.74) is 29.5. The van der Waals surface area contributed by atoms with Crippen molar-refractivity contribution in [2.75, 3.05) is 18.0 Å². The van der Waals surface area contributed by atoms with Gasteiger partial charge in [0, 0.05) is 171 Å². The summed E-state index contributed by atoms with van der Waals surface area (Å²) in [5, 5.41) is 14.9. The molecule has 0 amide bonds. The van der Waals surface area contributed by atoms with Crippen LogP contribution >= 0.6 is 11.6 Å². The first-order chi connectivity index (χ1) is 65.3. The van der Waals surface area contributed by atoms with E-state index in [1.54, 1.807) is 12.4 Å². The van der Waals surface area contributed by atoms with Gasteiger partial charge in [0.25, 0.3) is 0 Å². The van der Waals surface area contributed by atoms with Crippen LogP contribution in [0.1, 0.15) is 156 Å². The van der Waals surface area contributed by atoms with E-state index >= 15 is 0 Å². The number of para-hydroxylation sites is 1. The molecule has 22 aromatic rings. The predicted octanol–water partition coefficient (Wildman–Crippen LogP) is 22.5. The lowest BCUT2D eigenvalue weighted by molar-refractivity contribution is 0.805. The van der Waals surface area contributed by atoms with Gasteiger partial charge in [-0.05, 0) is 222 Å². The third-order valence-electron chi connectivity index (χ3n) is 26.9. The Labute approximate surface area is 782 Å². The van der Waals surface area contributed by atoms with E-state index in [0.29, 0.717) is 5.02 Å². The summed E-state index contributed by atoms with van der Waals surface area (Å²) in [6.07, 6.45) is 28.3. The van der Waals surface area contributed by atoms with E-state index < -0.39 is 0 Å². The van der Waals surface area contributed by atoms with Gasteiger partial charge in [0.1, 0.15) is 57.4 Å². The van der Waals surface area contributed by atoms with Crippen molar-refractivity contribution in [3.8, 4) is 0 Å². The molecule has 6 aromatic carbocycles. The van der Waals surface area contributed by atoms with Gasteiger partial charge in [0.15, 0.2) is 0 Å². The maximum Gasteiger partial charge on any atom is 0.145 e. The van der Waals surface area contributed by atoms with Crippen LogP contribution in [0.5, 0.6) is 0 Å². The Hall–Kier alpha value is -14.8. The Balaban J connectivity index is 0.000000104. The molecular weight excluding hydrogens is 1680 g/mol. The molecule has 0 spiro atoms. The zero-order valence-electron chi connectivity index (χ0n) is 78.1. The summed E-state index contributed by atoms with van der Waals surface area (Å²) < 4.78 is 10.9. The van der Waals surface area contributed by atoms with Gasteiger partial charge >= 0.3 is 0 Å². The molecular formula is C111H107ClN22. The number of nitrogens with zero attached hydrogens (tertiary/aromatic N) is 22. The third-order valence-corrected chi connectivity index (χ3v) is 27.4. The Morgan fingerprint density at radius 1 is 0.261 bits per heavy atom. The van der Waals surface area contributed by atoms with Gasteiger partial charge in [-0.15, -0.1) is 0 Å². The van der Waals surface area contributed by atoms with Crippen LogP contribution in [0.4, 0.5) is 5.69 Å². The molecule has 1 aliphatic heterocycles. The molecule has 0 atom stereocenters. The molecule has 0 bridgehead atoms. The number of hydrogen-bond acceptors (Lipinski definition) is 17. The molecule has 22 nitrogen and oxygen atoms in total. The van der Waals surface area contributed by atoms with Crippen LogP contribution in [0.15, 0.2) is 225 Å². The fraction of sp³-hybridized carbons (Fsp3) is 0.261. The van der Waals surface area contributed by atoms with Gasteiger partial charge in [0.2, 0.25) is 0 Å². The Bertz CT molecular complexity index is 8020. The predicted molar refractivity (Wildman–Crippen MR) is 539 cm³/mol. The zero-order chi connectivity index (χ0) is 91.9. The summed E-state index contributed by atoms with van der Waals surface area (Å²) in [5.74, 6) is 4.43. The first kappa shape index (κ1) is 87.2. The summed E-state index contributed by atoms with van der Waals surface area (Å²) in [7, 11) is 0. The number of hydrogen-bond donors (Lipinski definition) is 0. The average Bonchev–Trinajstić information content (AvgIpc) is 1.63. The molecule has 1 fully saturated rings. The number of anilines is 1. The molecule has 2 aliphatic rings. The van der Waals surface area contributed by atoms with E-state index in [4.69, 9.17) is 66.4 Å². The van der Waals surface area contributed by atoms with Gasteiger partial charge < -0.3 is 26.9 Å². The number of aryl methyl sites for hydroxylation is 23. The normalized spacial score (nSPS) is 12.6. The molecule has 24 rings (SSSR count). The molecule has 23 heteroatoms. The van der Waals surface area contributed by atoms with Gasteiger partial charge in [-0.1, -0.05) is 151 Å². The number of rotatable bonds is 16. The first-order valence-corrected chi connectivity index (χ1v) is 47.2. The van der Waals surface area contributed by atoms with Crippen LogP contribution in [0.25, 0.3) is 104 Å². The van der Waals surface area contributed by atoms with Crippen molar-refractivity contribution in [3.63, 3.8) is 0 Å². The lowest BCUT2D eigenvalue weighted by Crippen LogP contribution is -2.21. The average molecular weight is 1780 g/mol. The second-order valence-corrected chi connectivity index (χ2v) is 35.9. The summed E-state index contributed by atoms with van der Waals surface area (Å²) >= 11 is 6.16. The van der Waals surface area contributed by atoms with Gasteiger partial charge in [0.05, 0.1) is 79.2 Å². The smallest absolute Gasteiger partial charge is 0.145 e. The van der Waals surface area contributed by atoms with Crippen molar-refractivity contribution in [3.05, 3.63) is 368 Å². The van der Waals surface area contributed by atoms with Crippen molar-refractivity contribution in [1.82, 2.24) is 102 Å². The van der Waals surface area contributed by atoms with Crippen LogP contribution in [0, 0.1) is 83.1 Å². The minimum atomic E-state index is 0.652. The molecule has 134 heavy (non-hydrogen) atoms. The van der Waals surface area contributed by atoms with E-state index in [1.165, 1.54) is 124 Å². The van der Waals surface area contributed by atoms with E-state index in [1.807, 2.05) is 39.0 Å². The minimum absolute atomic E-state index is 0.652. The molecule has 0 saturated carbocycles. The minimum Gasteiger partial charge on any atom is -0.369 e. The second kappa shape index (κ2) is 37.5. The molecule has 668 valence electrons. The monoisotopic (exact) mass is 1780 g/mol.